The van der Waals surface area contributed by atoms with Crippen molar-refractivity contribution in [2.45, 2.75) is 0 Å². The molecule has 0 heterocycles. The molecule has 0 aromatic heterocycles. The van der Waals surface area contributed by atoms with E-state index in [1.165, 1.54) is 0 Å². The molecule has 5 heavy (non-hydrogen) atoms. The van der Waals surface area contributed by atoms with Crippen LogP contribution in [0.5, 0.6) is 0 Å². The van der Waals surface area contributed by atoms with Crippen LogP contribution in [0.15, 0.2) is 0 Å². The number of hydrogen-bond donors (Lipinski definition) is 0. The van der Waals surface area contributed by atoms with Crippen LogP contribution in [0.25, 0.3) is 0 Å². The summed E-state index contributed by atoms with van der Waals surface area (Å²) in [6, 6.07) is 0. The molecule has 5 heteroatoms. The van der Waals surface area contributed by atoms with E-state index >= 15 is 0 Å². The first-order valence-corrected chi connectivity index (χ1v) is 0. The third-order valence-electron chi connectivity index (χ3n) is 0. The minimum absolute atomic E-state index is 0. The quantitative estimate of drug-likeness (QED) is 0.316. The van der Waals surface area contributed by atoms with E-state index in [1.54, 1.807) is 0 Å². The van der Waals surface area contributed by atoms with Crippen molar-refractivity contribution in [3.8, 4) is 0 Å². The smallest absolute Gasteiger partial charge is 1.00 e. The van der Waals surface area contributed by atoms with Crippen LogP contribution < -0.4 is 49.6 Å². The van der Waals surface area contributed by atoms with Gasteiger partial charge in [-0.2, -0.15) is 0 Å². The van der Waals surface area contributed by atoms with Gasteiger partial charge in [-0.25, -0.2) is 0 Å². The maximum Gasteiger partial charge on any atom is 4.00 e. The molecule has 0 aliphatic carbocycles. The first-order chi connectivity index (χ1) is 0. The van der Waals surface area contributed by atoms with Crippen molar-refractivity contribution in [1.29, 1.82) is 0 Å². The fraction of sp³-hybridized carbons (Fsp3) is 0. The minimum atomic E-state index is 0. The summed E-state index contributed by atoms with van der Waals surface area (Å²) in [6.45, 7) is 0. The zero-order chi connectivity index (χ0) is 0. The molecule has 0 saturated carbocycles. The molecule has 0 atom stereocenters. The molecule has 0 unspecified atom stereocenters. The summed E-state index contributed by atoms with van der Waals surface area (Å²) in [5, 5.41) is 0. The third-order valence-corrected chi connectivity index (χ3v) is 0. The second kappa shape index (κ2) is 54.3. The van der Waals surface area contributed by atoms with E-state index in [4.69, 9.17) is 0 Å². The normalized spacial score (nSPS) is 0. The maximum atomic E-state index is 0. The Hall–Kier alpha value is 1.38. The average Bonchev–Trinajstić information content (AvgIpc) is 0. The van der Waals surface area contributed by atoms with Crippen LogP contribution in [0.3, 0.4) is 0 Å². The van der Waals surface area contributed by atoms with E-state index in [0.29, 0.717) is 0 Å². The zero-order valence-electron chi connectivity index (χ0n) is 2.01. The first-order valence-electron chi connectivity index (χ1n) is 0. The topological polar surface area (TPSA) is 0 Å². The first kappa shape index (κ1) is 97.2. The Kier molecular flexibility index (Phi) is 1060. The third kappa shape index (κ3) is 32.3. The van der Waals surface area contributed by atoms with E-state index in [9.17, 15) is 0 Å². The van der Waals surface area contributed by atoms with Gasteiger partial charge < -0.3 is 49.6 Å². The van der Waals surface area contributed by atoms with Crippen molar-refractivity contribution in [3.63, 3.8) is 0 Å². The summed E-state index contributed by atoms with van der Waals surface area (Å²) in [6.07, 6.45) is 0. The van der Waals surface area contributed by atoms with Gasteiger partial charge in [-0.05, 0) is 0 Å². The van der Waals surface area contributed by atoms with Gasteiger partial charge in [0.1, 0.15) is 0 Å². The van der Waals surface area contributed by atoms with Crippen molar-refractivity contribution in [3.05, 3.63) is 0 Å². The van der Waals surface area contributed by atoms with Crippen LogP contribution in [-0.4, -0.2) is 11.0 Å². The second-order valence-corrected chi connectivity index (χ2v) is 0. The summed E-state index contributed by atoms with van der Waals surface area (Å²) < 4.78 is 0. The van der Waals surface area contributed by atoms with Gasteiger partial charge in [-0.1, -0.05) is 0 Å². The second-order valence-electron chi connectivity index (χ2n) is 0. The molecule has 0 amide bonds. The Balaban J connectivity index is 0. The predicted octanol–water partition coefficient (Wildman–Crippen LogP) is -12.4. The number of rotatable bonds is 0. The van der Waals surface area contributed by atoms with E-state index < -0.39 is 0 Å². The number of halogens is 4. The van der Waals surface area contributed by atoms with E-state index in [1.807, 2.05) is 0 Å². The van der Waals surface area contributed by atoms with Crippen molar-refractivity contribution in [1.82, 2.24) is 0 Å². The molecule has 0 radical (unpaired) electrons. The standard InChI is InChI=1S/4ClH.Si/h4*1H;/q;;;;+4/p-4. The average molecular weight is 170 g/mol. The van der Waals surface area contributed by atoms with Gasteiger partial charge in [0, 0.05) is 0 Å². The van der Waals surface area contributed by atoms with E-state index in [2.05, 4.69) is 0 Å². The molecule has 0 rings (SSSR count). The molecule has 0 nitrogen and oxygen atoms in total. The molecule has 0 bridgehead atoms. The van der Waals surface area contributed by atoms with Crippen molar-refractivity contribution < 1.29 is 49.6 Å². The Morgan fingerprint density at radius 3 is 0.400 bits per heavy atom. The van der Waals surface area contributed by atoms with Crippen LogP contribution in [-0.2, 0) is 0 Å². The molecular formula is Cl4Si. The van der Waals surface area contributed by atoms with Crippen LogP contribution in [0, 0.1) is 0 Å². The van der Waals surface area contributed by atoms with Crippen molar-refractivity contribution in [2.24, 2.45) is 0 Å². The molecule has 0 aromatic rings. The van der Waals surface area contributed by atoms with Gasteiger partial charge in [-0.3, -0.25) is 0 Å². The molecule has 0 saturated heterocycles. The molecule has 0 aliphatic rings. The number of hydrogen-bond acceptors (Lipinski definition) is 0. The van der Waals surface area contributed by atoms with E-state index in [0.717, 1.165) is 0 Å². The van der Waals surface area contributed by atoms with Gasteiger partial charge in [0.15, 0.2) is 0 Å². The largest absolute Gasteiger partial charge is 4.00 e. The molecular weight excluding hydrogens is 170 g/mol. The van der Waals surface area contributed by atoms with Crippen molar-refractivity contribution >= 4 is 11.0 Å². The molecule has 0 N–H and O–H groups in total. The van der Waals surface area contributed by atoms with Crippen molar-refractivity contribution in [2.75, 3.05) is 0 Å². The van der Waals surface area contributed by atoms with Gasteiger partial charge in [-0.15, -0.1) is 0 Å². The summed E-state index contributed by atoms with van der Waals surface area (Å²) in [5.74, 6) is 0. The molecule has 32 valence electrons. The summed E-state index contributed by atoms with van der Waals surface area (Å²) in [4.78, 5) is 0. The summed E-state index contributed by atoms with van der Waals surface area (Å²) >= 11 is 0. The zero-order valence-corrected chi connectivity index (χ0v) is 6.04. The van der Waals surface area contributed by atoms with Crippen LogP contribution >= 0.6 is 0 Å². The minimum Gasteiger partial charge on any atom is -1.00 e. The SMILES string of the molecule is [Cl-].[Cl-].[Cl-].[Cl-].[Si+4]. The molecule has 0 aromatic carbocycles. The van der Waals surface area contributed by atoms with Gasteiger partial charge >= 0.3 is 11.0 Å². The van der Waals surface area contributed by atoms with Crippen LogP contribution in [0.2, 0.25) is 0 Å². The fourth-order valence-corrected chi connectivity index (χ4v) is 0. The summed E-state index contributed by atoms with van der Waals surface area (Å²) in [5.41, 5.74) is 0. The maximum absolute atomic E-state index is 0. The molecule has 0 aliphatic heterocycles. The van der Waals surface area contributed by atoms with E-state index in [-0.39, 0.29) is 60.6 Å². The van der Waals surface area contributed by atoms with Gasteiger partial charge in [0.25, 0.3) is 0 Å². The van der Waals surface area contributed by atoms with Crippen LogP contribution in [0.4, 0.5) is 0 Å². The predicted molar refractivity (Wildman–Crippen MR) is 5.75 cm³/mol. The monoisotopic (exact) mass is 168 g/mol. The Bertz CT molecular complexity index is 3.61. The Morgan fingerprint density at radius 2 is 0.400 bits per heavy atom. The van der Waals surface area contributed by atoms with Crippen LogP contribution in [0.1, 0.15) is 0 Å². The van der Waals surface area contributed by atoms with Gasteiger partial charge in [0.2, 0.25) is 0 Å². The molecule has 0 fully saturated rings. The Labute approximate surface area is 60.8 Å². The molecule has 0 spiro atoms. The Morgan fingerprint density at radius 1 is 0.400 bits per heavy atom. The fourth-order valence-electron chi connectivity index (χ4n) is 0. The van der Waals surface area contributed by atoms with Gasteiger partial charge in [0.05, 0.1) is 0 Å². The summed E-state index contributed by atoms with van der Waals surface area (Å²) in [7, 11) is 0.